The van der Waals surface area contributed by atoms with Gasteiger partial charge in [0.2, 0.25) is 0 Å². The van der Waals surface area contributed by atoms with Crippen LogP contribution in [0.2, 0.25) is 0 Å². The van der Waals surface area contributed by atoms with E-state index in [1.165, 1.54) is 37.7 Å². The Morgan fingerprint density at radius 2 is 2.28 bits per heavy atom. The molecule has 1 saturated carbocycles. The van der Waals surface area contributed by atoms with Crippen molar-refractivity contribution in [2.24, 2.45) is 5.92 Å². The van der Waals surface area contributed by atoms with Gasteiger partial charge in [0.15, 0.2) is 0 Å². The van der Waals surface area contributed by atoms with Crippen molar-refractivity contribution in [1.29, 1.82) is 0 Å². The van der Waals surface area contributed by atoms with E-state index in [1.807, 2.05) is 6.26 Å². The molecule has 0 bridgehead atoms. The van der Waals surface area contributed by atoms with Crippen molar-refractivity contribution in [1.82, 2.24) is 5.32 Å². The normalized spacial score (nSPS) is 29.1. The molecule has 1 fully saturated rings. The fourth-order valence-electron chi connectivity index (χ4n) is 3.03. The fourth-order valence-corrected chi connectivity index (χ4v) is 3.03. The molecule has 1 aliphatic heterocycles. The zero-order chi connectivity index (χ0) is 12.8. The largest absolute Gasteiger partial charge is 0.501 e. The Kier molecular flexibility index (Phi) is 5.51. The number of nitrogens with one attached hydrogen (secondary N) is 1. The molecule has 0 amide bonds. The maximum absolute atomic E-state index is 5.64. The molecule has 1 N–H and O–H groups in total. The molecule has 1 atom stereocenters. The standard InChI is InChI=1S/C15H27NO2/c1-3-16-15(13-6-5-7-17-11-13)10-12-8-14(9-12)18-4-2/h11-12,14-16H,3-10H2,1-2H3. The van der Waals surface area contributed by atoms with Gasteiger partial charge in [-0.1, -0.05) is 6.92 Å². The van der Waals surface area contributed by atoms with E-state index in [-0.39, 0.29) is 0 Å². The molecule has 18 heavy (non-hydrogen) atoms. The molecule has 0 aromatic carbocycles. The predicted octanol–water partition coefficient (Wildman–Crippen LogP) is 2.86. The summed E-state index contributed by atoms with van der Waals surface area (Å²) in [5.74, 6) is 0.827. The monoisotopic (exact) mass is 253 g/mol. The second-order valence-corrected chi connectivity index (χ2v) is 5.43. The van der Waals surface area contributed by atoms with Crippen molar-refractivity contribution in [3.8, 4) is 0 Å². The minimum absolute atomic E-state index is 0.517. The first-order valence-electron chi connectivity index (χ1n) is 7.49. The third-order valence-electron chi connectivity index (χ3n) is 4.02. The van der Waals surface area contributed by atoms with E-state index in [0.29, 0.717) is 12.1 Å². The van der Waals surface area contributed by atoms with Crippen molar-refractivity contribution < 1.29 is 9.47 Å². The summed E-state index contributed by atoms with van der Waals surface area (Å²) < 4.78 is 11.1. The summed E-state index contributed by atoms with van der Waals surface area (Å²) in [4.78, 5) is 0. The van der Waals surface area contributed by atoms with Crippen molar-refractivity contribution in [2.75, 3.05) is 19.8 Å². The van der Waals surface area contributed by atoms with Crippen LogP contribution >= 0.6 is 0 Å². The molecular formula is C15H27NO2. The fraction of sp³-hybridized carbons (Fsp3) is 0.867. The second kappa shape index (κ2) is 7.15. The summed E-state index contributed by atoms with van der Waals surface area (Å²) in [7, 11) is 0. The third-order valence-corrected chi connectivity index (χ3v) is 4.02. The molecule has 1 unspecified atom stereocenters. The Morgan fingerprint density at radius 1 is 1.44 bits per heavy atom. The van der Waals surface area contributed by atoms with E-state index in [1.54, 1.807) is 0 Å². The van der Waals surface area contributed by atoms with Crippen LogP contribution in [-0.4, -0.2) is 31.9 Å². The molecule has 0 aromatic rings. The first-order chi connectivity index (χ1) is 8.83. The zero-order valence-corrected chi connectivity index (χ0v) is 11.8. The molecule has 3 heteroatoms. The Balaban J connectivity index is 1.78. The molecule has 104 valence electrons. The first kappa shape index (κ1) is 13.9. The van der Waals surface area contributed by atoms with Crippen LogP contribution in [0, 0.1) is 5.92 Å². The van der Waals surface area contributed by atoms with Crippen LogP contribution in [-0.2, 0) is 9.47 Å². The lowest BCUT2D eigenvalue weighted by Crippen LogP contribution is -2.39. The summed E-state index contributed by atoms with van der Waals surface area (Å²) >= 11 is 0. The highest BCUT2D eigenvalue weighted by atomic mass is 16.5. The summed E-state index contributed by atoms with van der Waals surface area (Å²) in [6.45, 7) is 7.04. The van der Waals surface area contributed by atoms with Crippen LogP contribution in [0.25, 0.3) is 0 Å². The van der Waals surface area contributed by atoms with Gasteiger partial charge < -0.3 is 14.8 Å². The lowest BCUT2D eigenvalue weighted by Gasteiger charge is -2.38. The maximum atomic E-state index is 5.64. The maximum Gasteiger partial charge on any atom is 0.0876 e. The highest BCUT2D eigenvalue weighted by Gasteiger charge is 2.32. The lowest BCUT2D eigenvalue weighted by molar-refractivity contribution is -0.0283. The molecule has 0 aromatic heterocycles. The SMILES string of the molecule is CCNC(CC1CC(OCC)C1)C1=COCCC1. The Labute approximate surface area is 111 Å². The summed E-state index contributed by atoms with van der Waals surface area (Å²) in [5.41, 5.74) is 1.46. The summed E-state index contributed by atoms with van der Waals surface area (Å²) in [6.07, 6.45) is 8.61. The number of rotatable bonds is 7. The van der Waals surface area contributed by atoms with E-state index in [4.69, 9.17) is 9.47 Å². The van der Waals surface area contributed by atoms with Crippen molar-refractivity contribution in [3.63, 3.8) is 0 Å². The highest BCUT2D eigenvalue weighted by molar-refractivity contribution is 5.11. The third kappa shape index (κ3) is 3.72. The van der Waals surface area contributed by atoms with E-state index >= 15 is 0 Å². The average Bonchev–Trinajstić information content (AvgIpc) is 2.36. The van der Waals surface area contributed by atoms with Crippen LogP contribution in [0.5, 0.6) is 0 Å². The number of hydrogen-bond donors (Lipinski definition) is 1. The van der Waals surface area contributed by atoms with Gasteiger partial charge in [0.05, 0.1) is 19.0 Å². The van der Waals surface area contributed by atoms with E-state index in [9.17, 15) is 0 Å². The van der Waals surface area contributed by atoms with Gasteiger partial charge in [0, 0.05) is 12.6 Å². The smallest absolute Gasteiger partial charge is 0.0876 e. The summed E-state index contributed by atoms with van der Waals surface area (Å²) in [5, 5.41) is 3.61. The first-order valence-corrected chi connectivity index (χ1v) is 7.49. The van der Waals surface area contributed by atoms with Gasteiger partial charge in [0.25, 0.3) is 0 Å². The van der Waals surface area contributed by atoms with Gasteiger partial charge in [-0.3, -0.25) is 0 Å². The van der Waals surface area contributed by atoms with Crippen molar-refractivity contribution in [3.05, 3.63) is 11.8 Å². The molecule has 1 heterocycles. The number of likely N-dealkylation sites (N-methyl/N-ethyl adjacent to an activating group) is 1. The van der Waals surface area contributed by atoms with Gasteiger partial charge in [-0.2, -0.15) is 0 Å². The van der Waals surface area contributed by atoms with Crippen LogP contribution < -0.4 is 5.32 Å². The molecule has 2 aliphatic rings. The van der Waals surface area contributed by atoms with Crippen molar-refractivity contribution in [2.45, 2.75) is 58.1 Å². The topological polar surface area (TPSA) is 30.5 Å². The minimum atomic E-state index is 0.517. The van der Waals surface area contributed by atoms with Gasteiger partial charge in [-0.15, -0.1) is 0 Å². The van der Waals surface area contributed by atoms with E-state index in [0.717, 1.165) is 25.7 Å². The summed E-state index contributed by atoms with van der Waals surface area (Å²) in [6, 6.07) is 0.517. The van der Waals surface area contributed by atoms with Gasteiger partial charge in [0.1, 0.15) is 0 Å². The minimum Gasteiger partial charge on any atom is -0.501 e. The lowest BCUT2D eigenvalue weighted by atomic mass is 9.76. The molecule has 0 spiro atoms. The number of hydrogen-bond acceptors (Lipinski definition) is 3. The Bertz CT molecular complexity index is 272. The van der Waals surface area contributed by atoms with Gasteiger partial charge in [-0.25, -0.2) is 0 Å². The molecule has 0 saturated heterocycles. The highest BCUT2D eigenvalue weighted by Crippen LogP contribution is 2.35. The zero-order valence-electron chi connectivity index (χ0n) is 11.8. The van der Waals surface area contributed by atoms with Gasteiger partial charge >= 0.3 is 0 Å². The molecule has 3 nitrogen and oxygen atoms in total. The van der Waals surface area contributed by atoms with Crippen LogP contribution in [0.3, 0.4) is 0 Å². The average molecular weight is 253 g/mol. The van der Waals surface area contributed by atoms with E-state index < -0.39 is 0 Å². The van der Waals surface area contributed by atoms with Crippen LogP contribution in [0.1, 0.15) is 46.0 Å². The Morgan fingerprint density at radius 3 is 2.89 bits per heavy atom. The van der Waals surface area contributed by atoms with Crippen molar-refractivity contribution >= 4 is 0 Å². The molecule has 0 radical (unpaired) electrons. The quantitative estimate of drug-likeness (QED) is 0.757. The van der Waals surface area contributed by atoms with Gasteiger partial charge in [-0.05, 0) is 57.1 Å². The van der Waals surface area contributed by atoms with Crippen LogP contribution in [0.15, 0.2) is 11.8 Å². The molecular weight excluding hydrogens is 226 g/mol. The molecule has 1 aliphatic carbocycles. The Hall–Kier alpha value is -0.540. The number of ether oxygens (including phenoxy) is 2. The van der Waals surface area contributed by atoms with E-state index in [2.05, 4.69) is 19.2 Å². The predicted molar refractivity (Wildman–Crippen MR) is 73.5 cm³/mol. The molecule has 2 rings (SSSR count). The second-order valence-electron chi connectivity index (χ2n) is 5.43. The van der Waals surface area contributed by atoms with Crippen LogP contribution in [0.4, 0.5) is 0 Å².